The lowest BCUT2D eigenvalue weighted by molar-refractivity contribution is -0.145. The van der Waals surface area contributed by atoms with Gasteiger partial charge in [0.05, 0.1) is 0 Å². The largest absolute Gasteiger partial charge is 0.480 e. The molecular weight excluding hydrogens is 242 g/mol. The fraction of sp³-hybridized carbons (Fsp3) is 0.467. The van der Waals surface area contributed by atoms with Crippen LogP contribution in [0.2, 0.25) is 0 Å². The molecule has 1 fully saturated rings. The average molecular weight is 261 g/mol. The highest BCUT2D eigenvalue weighted by atomic mass is 16.4. The maximum atomic E-state index is 12.3. The highest BCUT2D eigenvalue weighted by molar-refractivity contribution is 5.85. The molecule has 4 nitrogen and oxygen atoms in total. The Bertz CT molecular complexity index is 481. The van der Waals surface area contributed by atoms with Crippen molar-refractivity contribution in [1.29, 1.82) is 0 Å². The zero-order chi connectivity index (χ0) is 14.0. The number of carbonyl (C=O) groups is 2. The lowest BCUT2D eigenvalue weighted by Gasteiger charge is -2.21. The number of rotatable bonds is 5. The fourth-order valence-electron chi connectivity index (χ4n) is 2.29. The highest BCUT2D eigenvalue weighted by Gasteiger charge is 2.52. The molecule has 4 heteroatoms. The molecule has 19 heavy (non-hydrogen) atoms. The minimum absolute atomic E-state index is 0.0184. The van der Waals surface area contributed by atoms with Crippen LogP contribution in [-0.2, 0) is 16.1 Å². The molecule has 0 aromatic heterocycles. The van der Waals surface area contributed by atoms with Crippen LogP contribution in [0.15, 0.2) is 30.3 Å². The number of amides is 1. The summed E-state index contributed by atoms with van der Waals surface area (Å²) in [7, 11) is 0. The summed E-state index contributed by atoms with van der Waals surface area (Å²) in [6.07, 6.45) is 0.844. The second-order valence-corrected chi connectivity index (χ2v) is 5.82. The van der Waals surface area contributed by atoms with E-state index in [0.717, 1.165) is 12.0 Å². The Kier molecular flexibility index (Phi) is 3.60. The van der Waals surface area contributed by atoms with Gasteiger partial charge in [-0.3, -0.25) is 9.59 Å². The first-order valence-corrected chi connectivity index (χ1v) is 6.44. The quantitative estimate of drug-likeness (QED) is 0.883. The summed E-state index contributed by atoms with van der Waals surface area (Å²) in [5.41, 5.74) is 0.973. The first kappa shape index (κ1) is 13.6. The number of carboxylic acids is 1. The van der Waals surface area contributed by atoms with Crippen LogP contribution in [0, 0.1) is 11.3 Å². The van der Waals surface area contributed by atoms with E-state index in [-0.39, 0.29) is 23.8 Å². The Morgan fingerprint density at radius 3 is 2.37 bits per heavy atom. The van der Waals surface area contributed by atoms with Crippen molar-refractivity contribution in [1.82, 2.24) is 4.90 Å². The fourth-order valence-corrected chi connectivity index (χ4v) is 2.29. The second-order valence-electron chi connectivity index (χ2n) is 5.82. The smallest absolute Gasteiger partial charge is 0.323 e. The Labute approximate surface area is 113 Å². The van der Waals surface area contributed by atoms with Crippen molar-refractivity contribution in [3.8, 4) is 0 Å². The van der Waals surface area contributed by atoms with Crippen LogP contribution in [0.3, 0.4) is 0 Å². The van der Waals surface area contributed by atoms with Gasteiger partial charge in [-0.05, 0) is 17.4 Å². The van der Waals surface area contributed by atoms with Gasteiger partial charge < -0.3 is 10.0 Å². The molecule has 0 heterocycles. The van der Waals surface area contributed by atoms with Crippen molar-refractivity contribution >= 4 is 11.9 Å². The molecule has 102 valence electrons. The monoisotopic (exact) mass is 261 g/mol. The molecule has 1 aliphatic rings. The standard InChI is InChI=1S/C15H19NO3/c1-15(2)8-12(15)14(19)16(10-13(17)18)9-11-6-4-3-5-7-11/h3-7,12H,8-10H2,1-2H3,(H,17,18). The Morgan fingerprint density at radius 1 is 1.32 bits per heavy atom. The normalized spacial score (nSPS) is 19.8. The molecule has 0 radical (unpaired) electrons. The third-order valence-corrected chi connectivity index (χ3v) is 3.67. The van der Waals surface area contributed by atoms with E-state index in [2.05, 4.69) is 0 Å². The molecule has 0 saturated heterocycles. The average Bonchev–Trinajstić information content (AvgIpc) is 2.97. The summed E-state index contributed by atoms with van der Waals surface area (Å²) in [5.74, 6) is -1.05. The van der Waals surface area contributed by atoms with E-state index in [1.54, 1.807) is 0 Å². The van der Waals surface area contributed by atoms with Gasteiger partial charge in [-0.25, -0.2) is 0 Å². The van der Waals surface area contributed by atoms with Gasteiger partial charge in [-0.1, -0.05) is 44.2 Å². The van der Waals surface area contributed by atoms with Crippen LogP contribution in [0.1, 0.15) is 25.8 Å². The predicted molar refractivity (Wildman–Crippen MR) is 71.4 cm³/mol. The van der Waals surface area contributed by atoms with Gasteiger partial charge in [0.2, 0.25) is 5.91 Å². The van der Waals surface area contributed by atoms with E-state index < -0.39 is 5.97 Å². The lowest BCUT2D eigenvalue weighted by atomic mass is 10.1. The zero-order valence-electron chi connectivity index (χ0n) is 11.3. The number of nitrogens with zero attached hydrogens (tertiary/aromatic N) is 1. The van der Waals surface area contributed by atoms with Crippen molar-refractivity contribution in [2.24, 2.45) is 11.3 Å². The molecule has 1 aliphatic carbocycles. The Balaban J connectivity index is 2.08. The van der Waals surface area contributed by atoms with Crippen LogP contribution in [0.4, 0.5) is 0 Å². The molecule has 2 rings (SSSR count). The van der Waals surface area contributed by atoms with Crippen molar-refractivity contribution in [2.45, 2.75) is 26.8 Å². The van der Waals surface area contributed by atoms with Crippen LogP contribution in [0.5, 0.6) is 0 Å². The molecular formula is C15H19NO3. The van der Waals surface area contributed by atoms with Gasteiger partial charge in [0.15, 0.2) is 0 Å². The molecule has 1 atom stereocenters. The molecule has 0 bridgehead atoms. The highest BCUT2D eigenvalue weighted by Crippen LogP contribution is 2.52. The summed E-state index contributed by atoms with van der Waals surface area (Å²) in [4.78, 5) is 24.7. The number of carbonyl (C=O) groups excluding carboxylic acids is 1. The van der Waals surface area contributed by atoms with Crippen molar-refractivity contribution in [3.63, 3.8) is 0 Å². The second kappa shape index (κ2) is 5.03. The van der Waals surface area contributed by atoms with E-state index in [0.29, 0.717) is 6.54 Å². The van der Waals surface area contributed by atoms with Gasteiger partial charge in [0.25, 0.3) is 0 Å². The molecule has 1 aromatic carbocycles. The molecule has 1 aromatic rings. The summed E-state index contributed by atoms with van der Waals surface area (Å²) < 4.78 is 0. The van der Waals surface area contributed by atoms with Crippen molar-refractivity contribution in [2.75, 3.05) is 6.54 Å². The number of aliphatic carboxylic acids is 1. The van der Waals surface area contributed by atoms with Gasteiger partial charge in [-0.15, -0.1) is 0 Å². The molecule has 1 N–H and O–H groups in total. The summed E-state index contributed by atoms with van der Waals surface area (Å²) >= 11 is 0. The van der Waals surface area contributed by atoms with Crippen LogP contribution >= 0.6 is 0 Å². The van der Waals surface area contributed by atoms with Crippen molar-refractivity contribution in [3.05, 3.63) is 35.9 Å². The maximum Gasteiger partial charge on any atom is 0.323 e. The molecule has 1 saturated carbocycles. The Morgan fingerprint density at radius 2 is 1.89 bits per heavy atom. The summed E-state index contributed by atoms with van der Waals surface area (Å²) in [5, 5.41) is 8.95. The maximum absolute atomic E-state index is 12.3. The number of hydrogen-bond acceptors (Lipinski definition) is 2. The lowest BCUT2D eigenvalue weighted by Crippen LogP contribution is -2.37. The van der Waals surface area contributed by atoms with Gasteiger partial charge >= 0.3 is 5.97 Å². The van der Waals surface area contributed by atoms with E-state index in [1.807, 2.05) is 44.2 Å². The minimum atomic E-state index is -0.970. The first-order chi connectivity index (χ1) is 8.90. The third kappa shape index (κ3) is 3.34. The van der Waals surface area contributed by atoms with E-state index >= 15 is 0 Å². The SMILES string of the molecule is CC1(C)CC1C(=O)N(CC(=O)O)Cc1ccccc1. The third-order valence-electron chi connectivity index (χ3n) is 3.67. The van der Waals surface area contributed by atoms with Crippen LogP contribution in [-0.4, -0.2) is 28.4 Å². The Hall–Kier alpha value is -1.84. The predicted octanol–water partition coefficient (Wildman–Crippen LogP) is 2.15. The minimum Gasteiger partial charge on any atom is -0.480 e. The molecule has 0 aliphatic heterocycles. The van der Waals surface area contributed by atoms with Gasteiger partial charge in [-0.2, -0.15) is 0 Å². The van der Waals surface area contributed by atoms with Gasteiger partial charge in [0.1, 0.15) is 6.54 Å². The number of carboxylic acid groups (broad SMARTS) is 1. The van der Waals surface area contributed by atoms with Crippen LogP contribution in [0.25, 0.3) is 0 Å². The molecule has 1 amide bonds. The summed E-state index contributed by atoms with van der Waals surface area (Å²) in [6, 6.07) is 9.48. The topological polar surface area (TPSA) is 57.6 Å². The van der Waals surface area contributed by atoms with Gasteiger partial charge in [0, 0.05) is 12.5 Å². The number of benzene rings is 1. The molecule has 1 unspecified atom stereocenters. The summed E-state index contributed by atoms with van der Waals surface area (Å²) in [6.45, 7) is 4.20. The zero-order valence-corrected chi connectivity index (χ0v) is 11.3. The van der Waals surface area contributed by atoms with E-state index in [4.69, 9.17) is 5.11 Å². The number of hydrogen-bond donors (Lipinski definition) is 1. The van der Waals surface area contributed by atoms with Crippen molar-refractivity contribution < 1.29 is 14.7 Å². The first-order valence-electron chi connectivity index (χ1n) is 6.44. The molecule has 0 spiro atoms. The van der Waals surface area contributed by atoms with Crippen LogP contribution < -0.4 is 0 Å². The van der Waals surface area contributed by atoms with E-state index in [1.165, 1.54) is 4.90 Å². The van der Waals surface area contributed by atoms with E-state index in [9.17, 15) is 9.59 Å².